The first-order valence-electron chi connectivity index (χ1n) is 4.98. The van der Waals surface area contributed by atoms with Crippen molar-refractivity contribution in [2.75, 3.05) is 27.3 Å². The van der Waals surface area contributed by atoms with E-state index in [2.05, 4.69) is 5.10 Å². The molecular weight excluding hydrogens is 212 g/mol. The van der Waals surface area contributed by atoms with Crippen molar-refractivity contribution in [2.24, 2.45) is 0 Å². The molecule has 1 aromatic rings. The van der Waals surface area contributed by atoms with Gasteiger partial charge in [-0.15, -0.1) is 0 Å². The number of ether oxygens (including phenoxy) is 1. The summed E-state index contributed by atoms with van der Waals surface area (Å²) < 4.78 is 6.49. The van der Waals surface area contributed by atoms with Gasteiger partial charge in [-0.25, -0.2) is 0 Å². The van der Waals surface area contributed by atoms with E-state index in [1.165, 1.54) is 12.4 Å². The maximum Gasteiger partial charge on any atom is 0.307 e. The van der Waals surface area contributed by atoms with Gasteiger partial charge in [0.05, 0.1) is 11.6 Å². The van der Waals surface area contributed by atoms with Gasteiger partial charge in [0.2, 0.25) is 0 Å². The van der Waals surface area contributed by atoms with E-state index in [-0.39, 0.29) is 5.69 Å². The van der Waals surface area contributed by atoms with E-state index in [0.29, 0.717) is 13.3 Å². The molecule has 0 saturated carbocycles. The van der Waals surface area contributed by atoms with Crippen LogP contribution >= 0.6 is 0 Å². The molecule has 0 saturated heterocycles. The van der Waals surface area contributed by atoms with Crippen LogP contribution in [0, 0.1) is 10.1 Å². The molecular formula is C9H16N4O3. The third-order valence-electron chi connectivity index (χ3n) is 2.11. The molecule has 0 aliphatic rings. The van der Waals surface area contributed by atoms with Crippen LogP contribution < -0.4 is 0 Å². The first-order valence-corrected chi connectivity index (χ1v) is 4.98. The van der Waals surface area contributed by atoms with E-state index in [1.54, 1.807) is 11.8 Å². The number of nitrogens with zero attached hydrogens (tertiary/aromatic N) is 4. The Morgan fingerprint density at radius 1 is 1.69 bits per heavy atom. The van der Waals surface area contributed by atoms with Crippen molar-refractivity contribution in [3.05, 3.63) is 22.5 Å². The van der Waals surface area contributed by atoms with Crippen LogP contribution in [0.25, 0.3) is 0 Å². The number of nitro groups is 1. The van der Waals surface area contributed by atoms with Gasteiger partial charge in [0.15, 0.2) is 0 Å². The maximum atomic E-state index is 10.4. The lowest BCUT2D eigenvalue weighted by Crippen LogP contribution is -2.24. The Hall–Kier alpha value is -1.47. The SMILES string of the molecule is COCCCN(C)Cn1cc([N+](=O)[O-])cn1. The van der Waals surface area contributed by atoms with Gasteiger partial charge in [0.25, 0.3) is 0 Å². The average molecular weight is 228 g/mol. The monoisotopic (exact) mass is 228 g/mol. The van der Waals surface area contributed by atoms with E-state index in [1.807, 2.05) is 11.9 Å². The van der Waals surface area contributed by atoms with Gasteiger partial charge in [0, 0.05) is 20.3 Å². The summed E-state index contributed by atoms with van der Waals surface area (Å²) in [5.41, 5.74) is 0.0188. The first-order chi connectivity index (χ1) is 7.63. The lowest BCUT2D eigenvalue weighted by molar-refractivity contribution is -0.385. The Morgan fingerprint density at radius 3 is 3.00 bits per heavy atom. The molecule has 1 heterocycles. The molecule has 0 radical (unpaired) electrons. The normalized spacial score (nSPS) is 10.9. The average Bonchev–Trinajstić information content (AvgIpc) is 2.66. The third kappa shape index (κ3) is 3.95. The summed E-state index contributed by atoms with van der Waals surface area (Å²) in [4.78, 5) is 12.0. The fraction of sp³-hybridized carbons (Fsp3) is 0.667. The maximum absolute atomic E-state index is 10.4. The second-order valence-corrected chi connectivity index (χ2v) is 3.56. The number of hydrogen-bond donors (Lipinski definition) is 0. The number of methoxy groups -OCH3 is 1. The minimum absolute atomic E-state index is 0.0188. The largest absolute Gasteiger partial charge is 0.385 e. The summed E-state index contributed by atoms with van der Waals surface area (Å²) >= 11 is 0. The topological polar surface area (TPSA) is 73.4 Å². The summed E-state index contributed by atoms with van der Waals surface area (Å²) in [7, 11) is 3.60. The molecule has 0 N–H and O–H groups in total. The smallest absolute Gasteiger partial charge is 0.307 e. The quantitative estimate of drug-likeness (QED) is 0.390. The lowest BCUT2D eigenvalue weighted by Gasteiger charge is -2.15. The number of rotatable bonds is 7. The zero-order valence-electron chi connectivity index (χ0n) is 9.50. The highest BCUT2D eigenvalue weighted by molar-refractivity contribution is 5.20. The molecule has 0 amide bonds. The fourth-order valence-electron chi connectivity index (χ4n) is 1.32. The summed E-state index contributed by atoms with van der Waals surface area (Å²) in [5.74, 6) is 0. The first kappa shape index (κ1) is 12.6. The Morgan fingerprint density at radius 2 is 2.44 bits per heavy atom. The van der Waals surface area contributed by atoms with Gasteiger partial charge >= 0.3 is 5.69 Å². The van der Waals surface area contributed by atoms with E-state index in [0.717, 1.165) is 13.0 Å². The van der Waals surface area contributed by atoms with Crippen molar-refractivity contribution in [1.29, 1.82) is 0 Å². The molecule has 0 atom stereocenters. The number of aromatic nitrogens is 2. The van der Waals surface area contributed by atoms with E-state index in [9.17, 15) is 10.1 Å². The Labute approximate surface area is 93.8 Å². The second-order valence-electron chi connectivity index (χ2n) is 3.56. The zero-order chi connectivity index (χ0) is 12.0. The van der Waals surface area contributed by atoms with Crippen molar-refractivity contribution in [1.82, 2.24) is 14.7 Å². The number of hydrogen-bond acceptors (Lipinski definition) is 5. The Kier molecular flexibility index (Phi) is 4.87. The molecule has 0 aliphatic carbocycles. The van der Waals surface area contributed by atoms with Crippen LogP contribution in [0.3, 0.4) is 0 Å². The zero-order valence-corrected chi connectivity index (χ0v) is 9.50. The predicted molar refractivity (Wildman–Crippen MR) is 58.0 cm³/mol. The summed E-state index contributed by atoms with van der Waals surface area (Å²) in [6.07, 6.45) is 3.60. The molecule has 0 spiro atoms. The van der Waals surface area contributed by atoms with Crippen molar-refractivity contribution in [2.45, 2.75) is 13.1 Å². The third-order valence-corrected chi connectivity index (χ3v) is 2.11. The molecule has 7 heteroatoms. The van der Waals surface area contributed by atoms with Gasteiger partial charge in [-0.2, -0.15) is 5.10 Å². The van der Waals surface area contributed by atoms with Gasteiger partial charge in [0.1, 0.15) is 12.4 Å². The van der Waals surface area contributed by atoms with Crippen LogP contribution in [0.15, 0.2) is 12.4 Å². The van der Waals surface area contributed by atoms with Gasteiger partial charge in [-0.3, -0.25) is 19.7 Å². The van der Waals surface area contributed by atoms with Crippen LogP contribution in [0.1, 0.15) is 6.42 Å². The van der Waals surface area contributed by atoms with Gasteiger partial charge in [-0.1, -0.05) is 0 Å². The van der Waals surface area contributed by atoms with Crippen molar-refractivity contribution < 1.29 is 9.66 Å². The minimum Gasteiger partial charge on any atom is -0.385 e. The molecule has 7 nitrogen and oxygen atoms in total. The standard InChI is InChI=1S/C9H16N4O3/c1-11(4-3-5-16-2)8-12-7-9(6-10-12)13(14)15/h6-7H,3-5,8H2,1-2H3. The van der Waals surface area contributed by atoms with Crippen LogP contribution in [0.4, 0.5) is 5.69 Å². The molecule has 1 aromatic heterocycles. The molecule has 16 heavy (non-hydrogen) atoms. The fourth-order valence-corrected chi connectivity index (χ4v) is 1.32. The molecule has 1 rings (SSSR count). The van der Waals surface area contributed by atoms with Gasteiger partial charge in [-0.05, 0) is 13.5 Å². The van der Waals surface area contributed by atoms with Crippen molar-refractivity contribution in [3.8, 4) is 0 Å². The van der Waals surface area contributed by atoms with Gasteiger partial charge < -0.3 is 4.74 Å². The molecule has 0 unspecified atom stereocenters. The summed E-state index contributed by atoms with van der Waals surface area (Å²) in [5, 5.41) is 14.3. The van der Waals surface area contributed by atoms with Crippen molar-refractivity contribution >= 4 is 5.69 Å². The summed E-state index contributed by atoms with van der Waals surface area (Å²) in [6.45, 7) is 2.11. The van der Waals surface area contributed by atoms with Crippen LogP contribution in [0.5, 0.6) is 0 Å². The molecule has 0 aromatic carbocycles. The molecule has 0 aliphatic heterocycles. The highest BCUT2D eigenvalue weighted by atomic mass is 16.6. The van der Waals surface area contributed by atoms with E-state index < -0.39 is 4.92 Å². The van der Waals surface area contributed by atoms with Crippen molar-refractivity contribution in [3.63, 3.8) is 0 Å². The lowest BCUT2D eigenvalue weighted by atomic mass is 10.4. The van der Waals surface area contributed by atoms with Crippen LogP contribution in [-0.2, 0) is 11.4 Å². The van der Waals surface area contributed by atoms with E-state index in [4.69, 9.17) is 4.74 Å². The Bertz CT molecular complexity index is 339. The molecule has 0 bridgehead atoms. The minimum atomic E-state index is -0.450. The second kappa shape index (κ2) is 6.19. The predicted octanol–water partition coefficient (Wildman–Crippen LogP) is 0.717. The van der Waals surface area contributed by atoms with Crippen LogP contribution in [-0.4, -0.2) is 46.9 Å². The van der Waals surface area contributed by atoms with E-state index >= 15 is 0 Å². The highest BCUT2D eigenvalue weighted by Gasteiger charge is 2.09. The molecule has 0 fully saturated rings. The Balaban J connectivity index is 2.37. The summed E-state index contributed by atoms with van der Waals surface area (Å²) in [6, 6.07) is 0. The molecule has 90 valence electrons. The van der Waals surface area contributed by atoms with Crippen LogP contribution in [0.2, 0.25) is 0 Å². The highest BCUT2D eigenvalue weighted by Crippen LogP contribution is 2.07.